The van der Waals surface area contributed by atoms with Crippen molar-refractivity contribution in [1.82, 2.24) is 15.2 Å². The zero-order valence-corrected chi connectivity index (χ0v) is 10.4. The smallest absolute Gasteiger partial charge is 0.339 e. The van der Waals surface area contributed by atoms with E-state index in [4.69, 9.17) is 15.6 Å². The van der Waals surface area contributed by atoms with E-state index >= 15 is 0 Å². The maximum absolute atomic E-state index is 11.8. The fourth-order valence-electron chi connectivity index (χ4n) is 1.51. The molecule has 0 aliphatic heterocycles. The van der Waals surface area contributed by atoms with Crippen LogP contribution in [0.3, 0.4) is 0 Å². The van der Waals surface area contributed by atoms with Gasteiger partial charge in [-0.2, -0.15) is 4.98 Å². The first-order valence-corrected chi connectivity index (χ1v) is 5.42. The molecule has 0 atom stereocenters. The summed E-state index contributed by atoms with van der Waals surface area (Å²) in [5, 5.41) is 17.3. The number of hydrogen-bond acceptors (Lipinski definition) is 6. The van der Waals surface area contributed by atoms with Gasteiger partial charge in [-0.05, 0) is 12.1 Å². The van der Waals surface area contributed by atoms with Crippen molar-refractivity contribution in [3.63, 3.8) is 0 Å². The average Bonchev–Trinajstić information content (AvgIpc) is 2.85. The Morgan fingerprint density at radius 3 is 2.75 bits per heavy atom. The first kappa shape index (κ1) is 13.3. The summed E-state index contributed by atoms with van der Waals surface area (Å²) >= 11 is 0. The van der Waals surface area contributed by atoms with E-state index in [-0.39, 0.29) is 23.1 Å². The summed E-state index contributed by atoms with van der Waals surface area (Å²) in [7, 11) is 1.34. The lowest BCUT2D eigenvalue weighted by atomic mass is 10.2. The van der Waals surface area contributed by atoms with Crippen molar-refractivity contribution in [2.45, 2.75) is 0 Å². The van der Waals surface area contributed by atoms with Crippen LogP contribution < -0.4 is 15.8 Å². The van der Waals surface area contributed by atoms with Gasteiger partial charge in [0, 0.05) is 11.8 Å². The monoisotopic (exact) mass is 277 g/mol. The zero-order valence-electron chi connectivity index (χ0n) is 10.4. The molecule has 0 saturated heterocycles. The molecule has 0 spiro atoms. The molecular weight excluding hydrogens is 266 g/mol. The molecule has 1 aromatic carbocycles. The molecule has 9 heteroatoms. The Balaban J connectivity index is 2.22. The van der Waals surface area contributed by atoms with Crippen LogP contribution in [0.1, 0.15) is 21.0 Å². The highest BCUT2D eigenvalue weighted by Gasteiger charge is 2.14. The summed E-state index contributed by atoms with van der Waals surface area (Å²) < 4.78 is 4.95. The van der Waals surface area contributed by atoms with Crippen molar-refractivity contribution in [2.75, 3.05) is 18.2 Å². The lowest BCUT2D eigenvalue weighted by Crippen LogP contribution is -2.14. The minimum atomic E-state index is -1.12. The molecule has 20 heavy (non-hydrogen) atoms. The van der Waals surface area contributed by atoms with Gasteiger partial charge in [0.05, 0.1) is 7.11 Å². The van der Waals surface area contributed by atoms with Crippen molar-refractivity contribution in [2.24, 2.45) is 0 Å². The molecule has 0 aliphatic rings. The van der Waals surface area contributed by atoms with Crippen LogP contribution in [0.4, 0.5) is 11.6 Å². The maximum Gasteiger partial charge on any atom is 0.339 e. The number of rotatable bonds is 4. The molecule has 5 N–H and O–H groups in total. The summed E-state index contributed by atoms with van der Waals surface area (Å²) in [4.78, 5) is 26.4. The number of hydrogen-bond donors (Lipinski definition) is 4. The number of aromatic nitrogens is 3. The van der Waals surface area contributed by atoms with E-state index in [2.05, 4.69) is 20.5 Å². The number of benzene rings is 1. The fraction of sp³-hybridized carbons (Fsp3) is 0.0909. The van der Waals surface area contributed by atoms with Gasteiger partial charge in [-0.1, -0.05) is 0 Å². The first-order chi connectivity index (χ1) is 9.51. The van der Waals surface area contributed by atoms with Crippen LogP contribution in [0.25, 0.3) is 0 Å². The van der Waals surface area contributed by atoms with Crippen molar-refractivity contribution in [1.29, 1.82) is 0 Å². The second-order valence-corrected chi connectivity index (χ2v) is 3.72. The molecule has 1 amide bonds. The molecule has 0 bridgehead atoms. The number of carboxylic acids is 1. The normalized spacial score (nSPS) is 10.1. The number of nitrogens with zero attached hydrogens (tertiary/aromatic N) is 2. The fourth-order valence-corrected chi connectivity index (χ4v) is 1.51. The molecular formula is C11H11N5O4. The van der Waals surface area contributed by atoms with Gasteiger partial charge in [0.1, 0.15) is 11.3 Å². The van der Waals surface area contributed by atoms with E-state index in [0.717, 1.165) is 0 Å². The number of H-pyrrole nitrogens is 1. The first-order valence-electron chi connectivity index (χ1n) is 5.42. The van der Waals surface area contributed by atoms with Gasteiger partial charge < -0.3 is 20.9 Å². The standard InChI is InChI=1S/C11H11N5O4/c1-20-7-4-5(2-3-6(7)10(18)19)13-9(17)8-14-11(12)16-15-8/h2-4H,1H3,(H,13,17)(H,18,19)(H3,12,14,15,16). The average molecular weight is 277 g/mol. The number of ether oxygens (including phenoxy) is 1. The zero-order chi connectivity index (χ0) is 14.7. The Morgan fingerprint density at radius 2 is 2.20 bits per heavy atom. The van der Waals surface area contributed by atoms with Gasteiger partial charge in [-0.15, -0.1) is 5.10 Å². The van der Waals surface area contributed by atoms with Crippen molar-refractivity contribution >= 4 is 23.5 Å². The van der Waals surface area contributed by atoms with Gasteiger partial charge in [-0.25, -0.2) is 4.79 Å². The number of methoxy groups -OCH3 is 1. The summed E-state index contributed by atoms with van der Waals surface area (Å²) in [6.07, 6.45) is 0. The second kappa shape index (κ2) is 5.26. The van der Waals surface area contributed by atoms with Gasteiger partial charge >= 0.3 is 5.97 Å². The number of aromatic amines is 1. The summed E-state index contributed by atoms with van der Waals surface area (Å²) in [5.74, 6) is -1.65. The number of amides is 1. The number of nitrogen functional groups attached to an aromatic ring is 1. The minimum Gasteiger partial charge on any atom is -0.496 e. The van der Waals surface area contributed by atoms with Crippen LogP contribution in [-0.4, -0.2) is 39.3 Å². The van der Waals surface area contributed by atoms with Crippen molar-refractivity contribution < 1.29 is 19.4 Å². The Hall–Kier alpha value is -3.10. The van der Waals surface area contributed by atoms with Gasteiger partial charge in [0.15, 0.2) is 0 Å². The molecule has 0 saturated carbocycles. The summed E-state index contributed by atoms with van der Waals surface area (Å²) in [5.41, 5.74) is 5.64. The predicted molar refractivity (Wildman–Crippen MR) is 68.7 cm³/mol. The predicted octanol–water partition coefficient (Wildman–Crippen LogP) is 0.346. The third-order valence-electron chi connectivity index (χ3n) is 2.41. The highest BCUT2D eigenvalue weighted by atomic mass is 16.5. The number of carbonyl (C=O) groups is 2. The van der Waals surface area contributed by atoms with Gasteiger partial charge in [0.2, 0.25) is 11.8 Å². The van der Waals surface area contributed by atoms with Gasteiger partial charge in [0.25, 0.3) is 5.91 Å². The van der Waals surface area contributed by atoms with E-state index in [9.17, 15) is 9.59 Å². The van der Waals surface area contributed by atoms with Crippen LogP contribution in [0.5, 0.6) is 5.75 Å². The molecule has 2 aromatic rings. The molecule has 0 radical (unpaired) electrons. The topological polar surface area (TPSA) is 143 Å². The largest absolute Gasteiger partial charge is 0.496 e. The van der Waals surface area contributed by atoms with E-state index < -0.39 is 11.9 Å². The Kier molecular flexibility index (Phi) is 3.51. The number of carboxylic acid groups (broad SMARTS) is 1. The van der Waals surface area contributed by atoms with Crippen LogP contribution in [0, 0.1) is 0 Å². The van der Waals surface area contributed by atoms with Crippen LogP contribution in [0.2, 0.25) is 0 Å². The second-order valence-electron chi connectivity index (χ2n) is 3.72. The molecule has 1 aromatic heterocycles. The summed E-state index contributed by atoms with van der Waals surface area (Å²) in [6.45, 7) is 0. The van der Waals surface area contributed by atoms with Gasteiger partial charge in [-0.3, -0.25) is 9.89 Å². The van der Waals surface area contributed by atoms with E-state index in [1.54, 1.807) is 0 Å². The number of nitrogens with one attached hydrogen (secondary N) is 2. The lowest BCUT2D eigenvalue weighted by Gasteiger charge is -2.08. The molecule has 0 unspecified atom stereocenters. The van der Waals surface area contributed by atoms with E-state index in [1.807, 2.05) is 0 Å². The SMILES string of the molecule is COc1cc(NC(=O)c2nc(N)n[nH]2)ccc1C(=O)O. The molecule has 1 heterocycles. The van der Waals surface area contributed by atoms with Crippen LogP contribution >= 0.6 is 0 Å². The number of carbonyl (C=O) groups excluding carboxylic acids is 1. The van der Waals surface area contributed by atoms with Crippen molar-refractivity contribution in [3.8, 4) is 5.75 Å². The lowest BCUT2D eigenvalue weighted by molar-refractivity contribution is 0.0693. The van der Waals surface area contributed by atoms with E-state index in [1.165, 1.54) is 25.3 Å². The number of anilines is 2. The number of nitrogens with two attached hydrogens (primary N) is 1. The Bertz CT molecular complexity index is 667. The quantitative estimate of drug-likeness (QED) is 0.631. The third kappa shape index (κ3) is 2.66. The molecule has 0 aliphatic carbocycles. The Morgan fingerprint density at radius 1 is 1.45 bits per heavy atom. The molecule has 104 valence electrons. The summed E-state index contributed by atoms with van der Waals surface area (Å²) in [6, 6.07) is 4.15. The van der Waals surface area contributed by atoms with E-state index in [0.29, 0.717) is 5.69 Å². The minimum absolute atomic E-state index is 0.00518. The molecule has 9 nitrogen and oxygen atoms in total. The van der Waals surface area contributed by atoms with Crippen LogP contribution in [0.15, 0.2) is 18.2 Å². The maximum atomic E-state index is 11.8. The number of aromatic carboxylic acids is 1. The highest BCUT2D eigenvalue weighted by molar-refractivity contribution is 6.02. The highest BCUT2D eigenvalue weighted by Crippen LogP contribution is 2.23. The molecule has 0 fully saturated rings. The van der Waals surface area contributed by atoms with Crippen molar-refractivity contribution in [3.05, 3.63) is 29.6 Å². The third-order valence-corrected chi connectivity index (χ3v) is 2.41. The van der Waals surface area contributed by atoms with Crippen LogP contribution in [-0.2, 0) is 0 Å². The molecule has 2 rings (SSSR count). The Labute approximate surface area is 112 Å².